The first-order chi connectivity index (χ1) is 11.3. The Morgan fingerprint density at radius 2 is 1.96 bits per heavy atom. The van der Waals surface area contributed by atoms with Crippen molar-refractivity contribution in [3.63, 3.8) is 0 Å². The molecule has 134 valence electrons. The first-order valence-corrected chi connectivity index (χ1v) is 9.46. The van der Waals surface area contributed by atoms with Gasteiger partial charge in [0.2, 0.25) is 10.0 Å². The lowest BCUT2D eigenvalue weighted by atomic mass is 10.1. The van der Waals surface area contributed by atoms with Crippen LogP contribution in [0.25, 0.3) is 0 Å². The third kappa shape index (κ3) is 4.68. The lowest BCUT2D eigenvalue weighted by molar-refractivity contribution is 0.0926. The lowest BCUT2D eigenvalue weighted by Crippen LogP contribution is -2.43. The minimum absolute atomic E-state index is 0.0474. The molecule has 1 N–H and O–H groups in total. The molecule has 8 heteroatoms. The minimum atomic E-state index is -3.34. The summed E-state index contributed by atoms with van der Waals surface area (Å²) in [6.07, 6.45) is 0. The normalized spacial score (nSPS) is 21.0. The second-order valence-corrected chi connectivity index (χ2v) is 8.12. The second kappa shape index (κ2) is 7.96. The van der Waals surface area contributed by atoms with Crippen LogP contribution in [-0.2, 0) is 14.8 Å². The van der Waals surface area contributed by atoms with Crippen LogP contribution in [0.15, 0.2) is 24.3 Å². The van der Waals surface area contributed by atoms with E-state index >= 15 is 0 Å². The third-order valence-electron chi connectivity index (χ3n) is 3.92. The molecular formula is C16H24N2O5S. The first-order valence-electron chi connectivity index (χ1n) is 7.85. The average molecular weight is 356 g/mol. The van der Waals surface area contributed by atoms with Gasteiger partial charge in [-0.15, -0.1) is 0 Å². The van der Waals surface area contributed by atoms with Crippen LogP contribution < -0.4 is 10.1 Å². The Morgan fingerprint density at radius 1 is 1.29 bits per heavy atom. The zero-order valence-corrected chi connectivity index (χ0v) is 15.0. The maximum atomic E-state index is 12.3. The highest BCUT2D eigenvalue weighted by atomic mass is 32.2. The Hall–Kier alpha value is -1.64. The summed E-state index contributed by atoms with van der Waals surface area (Å²) in [5.41, 5.74) is 0.500. The molecule has 2 atom stereocenters. The largest absolute Gasteiger partial charge is 0.494 e. The van der Waals surface area contributed by atoms with Crippen LogP contribution in [0.4, 0.5) is 0 Å². The van der Waals surface area contributed by atoms with Crippen LogP contribution in [0.1, 0.15) is 17.3 Å². The molecule has 0 bridgehead atoms. The van der Waals surface area contributed by atoms with Gasteiger partial charge in [0.25, 0.3) is 5.91 Å². The highest BCUT2D eigenvalue weighted by Gasteiger charge is 2.34. The number of carbonyl (C=O) groups is 1. The predicted molar refractivity (Wildman–Crippen MR) is 90.6 cm³/mol. The Bertz CT molecular complexity index is 658. The van der Waals surface area contributed by atoms with Crippen LogP contribution in [-0.4, -0.2) is 64.3 Å². The molecule has 2 rings (SSSR count). The fraction of sp³-hybridized carbons (Fsp3) is 0.562. The maximum Gasteiger partial charge on any atom is 0.251 e. The van der Waals surface area contributed by atoms with Crippen LogP contribution in [0, 0.1) is 5.92 Å². The van der Waals surface area contributed by atoms with Gasteiger partial charge in [-0.1, -0.05) is 0 Å². The van der Waals surface area contributed by atoms with Gasteiger partial charge in [0.15, 0.2) is 0 Å². The third-order valence-corrected chi connectivity index (χ3v) is 5.89. The molecule has 1 aromatic carbocycles. The SMILES string of the molecule is CCOc1ccc(C(=O)N[C@H]2COC[C@H]2CS(=O)(=O)N(C)C)cc1. The van der Waals surface area contributed by atoms with Crippen LogP contribution in [0.2, 0.25) is 0 Å². The van der Waals surface area contributed by atoms with Gasteiger partial charge in [0.1, 0.15) is 5.75 Å². The summed E-state index contributed by atoms with van der Waals surface area (Å²) in [5.74, 6) is 0.145. The summed E-state index contributed by atoms with van der Waals surface area (Å²) in [4.78, 5) is 12.3. The standard InChI is InChI=1S/C16H24N2O5S/c1-4-23-14-7-5-12(6-8-14)16(19)17-15-10-22-9-13(15)11-24(20,21)18(2)3/h5-8,13,15H,4,9-11H2,1-3H3,(H,17,19)/t13-,15-/m0/s1. The van der Waals surface area contributed by atoms with Crippen molar-refractivity contribution >= 4 is 15.9 Å². The van der Waals surface area contributed by atoms with E-state index in [0.29, 0.717) is 31.1 Å². The molecule has 1 aromatic rings. The van der Waals surface area contributed by atoms with Crippen LogP contribution in [0.5, 0.6) is 5.75 Å². The van der Waals surface area contributed by atoms with Gasteiger partial charge in [-0.2, -0.15) is 0 Å². The predicted octanol–water partition coefficient (Wildman–Crippen LogP) is 0.722. The number of carbonyl (C=O) groups excluding carboxylic acids is 1. The molecule has 1 saturated heterocycles. The van der Waals surface area contributed by atoms with Gasteiger partial charge in [0.05, 0.1) is 31.6 Å². The molecule has 1 amide bonds. The fourth-order valence-corrected chi connectivity index (χ4v) is 3.63. The minimum Gasteiger partial charge on any atom is -0.494 e. The Kier molecular flexibility index (Phi) is 6.20. The smallest absolute Gasteiger partial charge is 0.251 e. The fourth-order valence-electron chi connectivity index (χ4n) is 2.46. The van der Waals surface area contributed by atoms with E-state index in [2.05, 4.69) is 5.32 Å². The highest BCUT2D eigenvalue weighted by Crippen LogP contribution is 2.18. The highest BCUT2D eigenvalue weighted by molar-refractivity contribution is 7.89. The number of sulfonamides is 1. The van der Waals surface area contributed by atoms with E-state index in [1.54, 1.807) is 24.3 Å². The number of hydrogen-bond donors (Lipinski definition) is 1. The van der Waals surface area contributed by atoms with Crippen LogP contribution >= 0.6 is 0 Å². The molecule has 0 aliphatic carbocycles. The van der Waals surface area contributed by atoms with Gasteiger partial charge >= 0.3 is 0 Å². The van der Waals surface area contributed by atoms with Crippen molar-refractivity contribution in [3.8, 4) is 5.75 Å². The Balaban J connectivity index is 1.99. The van der Waals surface area contributed by atoms with Crippen molar-refractivity contribution in [2.75, 3.05) is 39.7 Å². The number of benzene rings is 1. The molecule has 0 aromatic heterocycles. The van der Waals surface area contributed by atoms with E-state index in [1.807, 2.05) is 6.92 Å². The molecule has 1 aliphatic heterocycles. The van der Waals surface area contributed by atoms with E-state index in [9.17, 15) is 13.2 Å². The molecular weight excluding hydrogens is 332 g/mol. The number of amides is 1. The first kappa shape index (κ1) is 18.7. The van der Waals surface area contributed by atoms with E-state index in [4.69, 9.17) is 9.47 Å². The van der Waals surface area contributed by atoms with Crippen molar-refractivity contribution in [1.29, 1.82) is 0 Å². The lowest BCUT2D eigenvalue weighted by Gasteiger charge is -2.21. The van der Waals surface area contributed by atoms with Gasteiger partial charge in [0, 0.05) is 25.6 Å². The molecule has 1 heterocycles. The van der Waals surface area contributed by atoms with Gasteiger partial charge in [-0.25, -0.2) is 12.7 Å². The number of rotatable bonds is 7. The summed E-state index contributed by atoms with van der Waals surface area (Å²) in [7, 11) is -0.344. The number of ether oxygens (including phenoxy) is 2. The molecule has 7 nitrogen and oxygen atoms in total. The Morgan fingerprint density at radius 3 is 2.54 bits per heavy atom. The summed E-state index contributed by atoms with van der Waals surface area (Å²) in [6, 6.07) is 6.51. The van der Waals surface area contributed by atoms with Crippen molar-refractivity contribution < 1.29 is 22.7 Å². The topological polar surface area (TPSA) is 84.9 Å². The van der Waals surface area contributed by atoms with E-state index in [-0.39, 0.29) is 23.6 Å². The van der Waals surface area contributed by atoms with Crippen molar-refractivity contribution in [2.45, 2.75) is 13.0 Å². The average Bonchev–Trinajstić information content (AvgIpc) is 2.94. The van der Waals surface area contributed by atoms with Gasteiger partial charge in [-0.3, -0.25) is 4.79 Å². The van der Waals surface area contributed by atoms with Crippen LogP contribution in [0.3, 0.4) is 0 Å². The molecule has 0 unspecified atom stereocenters. The number of nitrogens with zero attached hydrogens (tertiary/aromatic N) is 1. The monoisotopic (exact) mass is 356 g/mol. The van der Waals surface area contributed by atoms with Gasteiger partial charge < -0.3 is 14.8 Å². The molecule has 0 radical (unpaired) electrons. The summed E-state index contributed by atoms with van der Waals surface area (Å²) < 4.78 is 36.0. The summed E-state index contributed by atoms with van der Waals surface area (Å²) >= 11 is 0. The van der Waals surface area contributed by atoms with Gasteiger partial charge in [-0.05, 0) is 31.2 Å². The summed E-state index contributed by atoms with van der Waals surface area (Å²) in [5, 5.41) is 2.87. The number of nitrogens with one attached hydrogen (secondary N) is 1. The maximum absolute atomic E-state index is 12.3. The van der Waals surface area contributed by atoms with E-state index < -0.39 is 10.0 Å². The molecule has 24 heavy (non-hydrogen) atoms. The van der Waals surface area contributed by atoms with E-state index in [0.717, 1.165) is 0 Å². The number of hydrogen-bond acceptors (Lipinski definition) is 5. The molecule has 0 saturated carbocycles. The summed E-state index contributed by atoms with van der Waals surface area (Å²) in [6.45, 7) is 3.09. The second-order valence-electron chi connectivity index (χ2n) is 5.90. The van der Waals surface area contributed by atoms with Crippen molar-refractivity contribution in [3.05, 3.63) is 29.8 Å². The molecule has 1 aliphatic rings. The Labute approximate surface area is 143 Å². The molecule has 1 fully saturated rings. The zero-order valence-electron chi connectivity index (χ0n) is 14.2. The van der Waals surface area contributed by atoms with Crippen molar-refractivity contribution in [2.24, 2.45) is 5.92 Å². The molecule has 0 spiro atoms. The van der Waals surface area contributed by atoms with E-state index in [1.165, 1.54) is 18.4 Å². The quantitative estimate of drug-likeness (QED) is 0.778. The van der Waals surface area contributed by atoms with Crippen molar-refractivity contribution in [1.82, 2.24) is 9.62 Å². The zero-order chi connectivity index (χ0) is 17.7.